The number of H-pyrrole nitrogens is 1. The Balaban J connectivity index is 1.85. The SMILES string of the molecule is Cc1cc(C(C)NCCc2ncn[nH]2)c(C)s1. The van der Waals surface area contributed by atoms with Gasteiger partial charge in [-0.15, -0.1) is 11.3 Å². The fraction of sp³-hybridized carbons (Fsp3) is 0.500. The molecule has 0 fully saturated rings. The van der Waals surface area contributed by atoms with E-state index >= 15 is 0 Å². The van der Waals surface area contributed by atoms with Crippen LogP contribution in [0.1, 0.15) is 34.1 Å². The van der Waals surface area contributed by atoms with Crippen LogP contribution >= 0.6 is 11.3 Å². The molecule has 0 aromatic carbocycles. The third kappa shape index (κ3) is 3.14. The molecule has 2 heterocycles. The summed E-state index contributed by atoms with van der Waals surface area (Å²) < 4.78 is 0. The zero-order valence-electron chi connectivity index (χ0n) is 10.4. The molecule has 0 bridgehead atoms. The van der Waals surface area contributed by atoms with E-state index in [0.29, 0.717) is 6.04 Å². The largest absolute Gasteiger partial charge is 0.310 e. The topological polar surface area (TPSA) is 53.6 Å². The first-order valence-electron chi connectivity index (χ1n) is 5.81. The Morgan fingerprint density at radius 2 is 2.29 bits per heavy atom. The van der Waals surface area contributed by atoms with Crippen LogP contribution in [0.25, 0.3) is 0 Å². The van der Waals surface area contributed by atoms with Gasteiger partial charge in [-0.1, -0.05) is 0 Å². The van der Waals surface area contributed by atoms with Gasteiger partial charge in [0.15, 0.2) is 0 Å². The summed E-state index contributed by atoms with van der Waals surface area (Å²) in [6, 6.07) is 2.66. The van der Waals surface area contributed by atoms with Crippen LogP contribution in [-0.4, -0.2) is 21.7 Å². The van der Waals surface area contributed by atoms with Crippen LogP contribution in [0, 0.1) is 13.8 Å². The molecule has 1 atom stereocenters. The monoisotopic (exact) mass is 250 g/mol. The van der Waals surface area contributed by atoms with E-state index in [9.17, 15) is 0 Å². The number of nitrogens with zero attached hydrogens (tertiary/aromatic N) is 2. The highest BCUT2D eigenvalue weighted by molar-refractivity contribution is 7.12. The predicted octanol–water partition coefficient (Wildman–Crippen LogP) is 2.38. The molecule has 0 aliphatic heterocycles. The van der Waals surface area contributed by atoms with Gasteiger partial charge in [0, 0.05) is 28.8 Å². The third-order valence-corrected chi connectivity index (χ3v) is 3.80. The first-order valence-corrected chi connectivity index (χ1v) is 6.63. The van der Waals surface area contributed by atoms with Crippen molar-refractivity contribution in [3.05, 3.63) is 33.5 Å². The molecule has 2 N–H and O–H groups in total. The molecule has 0 spiro atoms. The maximum Gasteiger partial charge on any atom is 0.137 e. The van der Waals surface area contributed by atoms with Crippen molar-refractivity contribution in [2.45, 2.75) is 33.2 Å². The highest BCUT2D eigenvalue weighted by atomic mass is 32.1. The zero-order valence-corrected chi connectivity index (χ0v) is 11.3. The summed E-state index contributed by atoms with van der Waals surface area (Å²) in [6.07, 6.45) is 2.43. The van der Waals surface area contributed by atoms with Crippen molar-refractivity contribution in [1.29, 1.82) is 0 Å². The van der Waals surface area contributed by atoms with Crippen molar-refractivity contribution in [2.24, 2.45) is 0 Å². The smallest absolute Gasteiger partial charge is 0.137 e. The van der Waals surface area contributed by atoms with Crippen LogP contribution in [0.2, 0.25) is 0 Å². The van der Waals surface area contributed by atoms with E-state index in [4.69, 9.17) is 0 Å². The van der Waals surface area contributed by atoms with Gasteiger partial charge in [-0.2, -0.15) is 5.10 Å². The molecule has 2 aromatic rings. The van der Waals surface area contributed by atoms with Gasteiger partial charge in [-0.25, -0.2) is 4.98 Å². The number of aromatic nitrogens is 3. The van der Waals surface area contributed by atoms with E-state index in [1.807, 2.05) is 11.3 Å². The van der Waals surface area contributed by atoms with Gasteiger partial charge in [-0.05, 0) is 32.4 Å². The zero-order chi connectivity index (χ0) is 12.3. The lowest BCUT2D eigenvalue weighted by Gasteiger charge is -2.13. The summed E-state index contributed by atoms with van der Waals surface area (Å²) in [5.41, 5.74) is 1.41. The number of thiophene rings is 1. The van der Waals surface area contributed by atoms with Gasteiger partial charge in [0.25, 0.3) is 0 Å². The lowest BCUT2D eigenvalue weighted by atomic mass is 10.1. The van der Waals surface area contributed by atoms with Gasteiger partial charge in [0.2, 0.25) is 0 Å². The van der Waals surface area contributed by atoms with E-state index in [-0.39, 0.29) is 0 Å². The van der Waals surface area contributed by atoms with E-state index in [0.717, 1.165) is 18.8 Å². The third-order valence-electron chi connectivity index (χ3n) is 2.82. The summed E-state index contributed by atoms with van der Waals surface area (Å²) in [5, 5.41) is 10.2. The van der Waals surface area contributed by atoms with Gasteiger partial charge in [0.1, 0.15) is 12.2 Å². The van der Waals surface area contributed by atoms with Gasteiger partial charge in [-0.3, -0.25) is 5.10 Å². The standard InChI is InChI=1S/C12H18N4S/c1-8-6-11(10(3)17-8)9(2)13-5-4-12-14-7-15-16-12/h6-7,9,13H,4-5H2,1-3H3,(H,14,15,16). The molecule has 1 unspecified atom stereocenters. The second kappa shape index (κ2) is 5.42. The molecule has 0 amide bonds. The maximum absolute atomic E-state index is 4.10. The van der Waals surface area contributed by atoms with Crippen molar-refractivity contribution < 1.29 is 0 Å². The molecule has 2 aromatic heterocycles. The van der Waals surface area contributed by atoms with Crippen molar-refractivity contribution in [3.8, 4) is 0 Å². The van der Waals surface area contributed by atoms with Gasteiger partial charge >= 0.3 is 0 Å². The van der Waals surface area contributed by atoms with Crippen molar-refractivity contribution in [2.75, 3.05) is 6.54 Å². The number of hydrogen-bond donors (Lipinski definition) is 2. The highest BCUT2D eigenvalue weighted by Crippen LogP contribution is 2.25. The Bertz CT molecular complexity index is 461. The number of nitrogens with one attached hydrogen (secondary N) is 2. The quantitative estimate of drug-likeness (QED) is 0.856. The molecule has 4 nitrogen and oxygen atoms in total. The molecule has 5 heteroatoms. The van der Waals surface area contributed by atoms with E-state index in [1.165, 1.54) is 15.3 Å². The van der Waals surface area contributed by atoms with Crippen LogP contribution in [0.3, 0.4) is 0 Å². The summed E-state index contributed by atoms with van der Waals surface area (Å²) in [4.78, 5) is 6.88. The summed E-state index contributed by atoms with van der Waals surface area (Å²) >= 11 is 1.86. The molecule has 0 saturated heterocycles. The second-order valence-electron chi connectivity index (χ2n) is 4.23. The normalized spacial score (nSPS) is 12.9. The van der Waals surface area contributed by atoms with Crippen LogP contribution in [0.15, 0.2) is 12.4 Å². The fourth-order valence-corrected chi connectivity index (χ4v) is 2.97. The fourth-order valence-electron chi connectivity index (χ4n) is 1.95. The molecule has 92 valence electrons. The number of aromatic amines is 1. The van der Waals surface area contributed by atoms with Crippen LogP contribution < -0.4 is 5.32 Å². The van der Waals surface area contributed by atoms with Crippen molar-refractivity contribution in [3.63, 3.8) is 0 Å². The maximum atomic E-state index is 4.10. The second-order valence-corrected chi connectivity index (χ2v) is 5.69. The van der Waals surface area contributed by atoms with Crippen LogP contribution in [0.5, 0.6) is 0 Å². The summed E-state index contributed by atoms with van der Waals surface area (Å²) in [6.45, 7) is 7.45. The molecule has 2 rings (SSSR count). The van der Waals surface area contributed by atoms with Crippen molar-refractivity contribution in [1.82, 2.24) is 20.5 Å². The lowest BCUT2D eigenvalue weighted by molar-refractivity contribution is 0.570. The highest BCUT2D eigenvalue weighted by Gasteiger charge is 2.10. The molecule has 0 saturated carbocycles. The number of hydrogen-bond acceptors (Lipinski definition) is 4. The lowest BCUT2D eigenvalue weighted by Crippen LogP contribution is -2.21. The Hall–Kier alpha value is -1.20. The van der Waals surface area contributed by atoms with Crippen LogP contribution in [0.4, 0.5) is 0 Å². The van der Waals surface area contributed by atoms with Crippen LogP contribution in [-0.2, 0) is 6.42 Å². The number of rotatable bonds is 5. The van der Waals surface area contributed by atoms with E-state index in [2.05, 4.69) is 47.3 Å². The van der Waals surface area contributed by atoms with Gasteiger partial charge < -0.3 is 5.32 Å². The minimum Gasteiger partial charge on any atom is -0.310 e. The minimum absolute atomic E-state index is 0.392. The molecule has 0 aliphatic carbocycles. The molecule has 0 aliphatic rings. The van der Waals surface area contributed by atoms with Gasteiger partial charge in [0.05, 0.1) is 0 Å². The molecule has 17 heavy (non-hydrogen) atoms. The molecular weight excluding hydrogens is 232 g/mol. The Labute approximate surface area is 105 Å². The number of aryl methyl sites for hydroxylation is 2. The minimum atomic E-state index is 0.392. The summed E-state index contributed by atoms with van der Waals surface area (Å²) in [7, 11) is 0. The Kier molecular flexibility index (Phi) is 3.91. The predicted molar refractivity (Wildman–Crippen MR) is 70.3 cm³/mol. The van der Waals surface area contributed by atoms with Crippen molar-refractivity contribution >= 4 is 11.3 Å². The molecule has 0 radical (unpaired) electrons. The molecular formula is C12H18N4S. The van der Waals surface area contributed by atoms with E-state index in [1.54, 1.807) is 6.33 Å². The Morgan fingerprint density at radius 3 is 2.88 bits per heavy atom. The first kappa shape index (κ1) is 12.3. The van der Waals surface area contributed by atoms with E-state index < -0.39 is 0 Å². The average Bonchev–Trinajstić information content (AvgIpc) is 2.88. The first-order chi connectivity index (χ1) is 8.16. The average molecular weight is 250 g/mol. The summed E-state index contributed by atoms with van der Waals surface area (Å²) in [5.74, 6) is 0.933. The Morgan fingerprint density at radius 1 is 1.47 bits per heavy atom.